The zero-order valence-corrected chi connectivity index (χ0v) is 17.9. The number of benzene rings is 3. The first-order valence-corrected chi connectivity index (χ1v) is 11.1. The third kappa shape index (κ3) is 5.47. The van der Waals surface area contributed by atoms with Gasteiger partial charge in [-0.25, -0.2) is 4.79 Å². The molecule has 6 heteroatoms. The standard InChI is InChI=1S/C25H24N2O3S/c28-24(26-21-14-7-8-16-23(21)31-20-12-5-2-6-13-20)22-15-9-17-27(22)25(29)30-18-19-10-3-1-4-11-19/h1-8,10-14,16,22H,9,15,17-18H2,(H,26,28). The predicted octanol–water partition coefficient (Wildman–Crippen LogP) is 5.58. The largest absolute Gasteiger partial charge is 0.445 e. The smallest absolute Gasteiger partial charge is 0.410 e. The van der Waals surface area contributed by atoms with Crippen LogP contribution >= 0.6 is 11.8 Å². The Bertz CT molecular complexity index is 1030. The van der Waals surface area contributed by atoms with E-state index in [0.717, 1.165) is 27.5 Å². The average Bonchev–Trinajstić information content (AvgIpc) is 3.30. The van der Waals surface area contributed by atoms with Gasteiger partial charge in [0.15, 0.2) is 0 Å². The molecule has 1 atom stereocenters. The monoisotopic (exact) mass is 432 g/mol. The highest BCUT2D eigenvalue weighted by molar-refractivity contribution is 7.99. The third-order valence-corrected chi connectivity index (χ3v) is 6.19. The van der Waals surface area contributed by atoms with Crippen LogP contribution in [0.4, 0.5) is 10.5 Å². The first-order chi connectivity index (χ1) is 15.2. The highest BCUT2D eigenvalue weighted by Gasteiger charge is 2.35. The molecule has 0 bridgehead atoms. The molecule has 31 heavy (non-hydrogen) atoms. The lowest BCUT2D eigenvalue weighted by Gasteiger charge is -2.23. The molecular formula is C25H24N2O3S. The Morgan fingerprint density at radius 3 is 2.39 bits per heavy atom. The second-order valence-electron chi connectivity index (χ2n) is 7.29. The van der Waals surface area contributed by atoms with Gasteiger partial charge in [0.2, 0.25) is 5.91 Å². The molecule has 2 amide bonds. The summed E-state index contributed by atoms with van der Waals surface area (Å²) in [5.41, 5.74) is 1.66. The van der Waals surface area contributed by atoms with Crippen molar-refractivity contribution >= 4 is 29.4 Å². The van der Waals surface area contributed by atoms with E-state index in [1.165, 1.54) is 4.90 Å². The summed E-state index contributed by atoms with van der Waals surface area (Å²) in [5, 5.41) is 3.02. The van der Waals surface area contributed by atoms with Gasteiger partial charge < -0.3 is 10.1 Å². The van der Waals surface area contributed by atoms with Crippen molar-refractivity contribution < 1.29 is 14.3 Å². The molecule has 0 saturated carbocycles. The average molecular weight is 433 g/mol. The predicted molar refractivity (Wildman–Crippen MR) is 122 cm³/mol. The summed E-state index contributed by atoms with van der Waals surface area (Å²) < 4.78 is 5.45. The van der Waals surface area contributed by atoms with Crippen molar-refractivity contribution in [2.24, 2.45) is 0 Å². The van der Waals surface area contributed by atoms with Gasteiger partial charge in [-0.2, -0.15) is 0 Å². The number of carbonyl (C=O) groups is 2. The van der Waals surface area contributed by atoms with Gasteiger partial charge in [0.25, 0.3) is 0 Å². The fourth-order valence-electron chi connectivity index (χ4n) is 3.55. The Hall–Kier alpha value is -3.25. The number of hydrogen-bond acceptors (Lipinski definition) is 4. The minimum Gasteiger partial charge on any atom is -0.445 e. The summed E-state index contributed by atoms with van der Waals surface area (Å²) in [6.07, 6.45) is 0.951. The van der Waals surface area contributed by atoms with E-state index in [4.69, 9.17) is 4.74 Å². The van der Waals surface area contributed by atoms with E-state index >= 15 is 0 Å². The van der Waals surface area contributed by atoms with Crippen molar-refractivity contribution in [3.05, 3.63) is 90.5 Å². The first kappa shape index (κ1) is 21.0. The summed E-state index contributed by atoms with van der Waals surface area (Å²) in [5.74, 6) is -0.185. The second-order valence-corrected chi connectivity index (χ2v) is 8.41. The van der Waals surface area contributed by atoms with Crippen LogP contribution in [-0.4, -0.2) is 29.5 Å². The number of nitrogens with one attached hydrogen (secondary N) is 1. The topological polar surface area (TPSA) is 58.6 Å². The van der Waals surface area contributed by atoms with Crippen molar-refractivity contribution in [2.45, 2.75) is 35.3 Å². The SMILES string of the molecule is O=C(Nc1ccccc1Sc1ccccc1)C1CCCN1C(=O)OCc1ccccc1. The Morgan fingerprint density at radius 1 is 0.935 bits per heavy atom. The number of carbonyl (C=O) groups excluding carboxylic acids is 2. The van der Waals surface area contributed by atoms with Crippen molar-refractivity contribution in [1.29, 1.82) is 0 Å². The minimum atomic E-state index is -0.530. The molecule has 0 aliphatic carbocycles. The van der Waals surface area contributed by atoms with E-state index in [-0.39, 0.29) is 12.5 Å². The van der Waals surface area contributed by atoms with Crippen LogP contribution in [0.1, 0.15) is 18.4 Å². The maximum atomic E-state index is 13.0. The number of para-hydroxylation sites is 1. The van der Waals surface area contributed by atoms with Gasteiger partial charge >= 0.3 is 6.09 Å². The molecule has 5 nitrogen and oxygen atoms in total. The summed E-state index contributed by atoms with van der Waals surface area (Å²) in [4.78, 5) is 29.2. The number of nitrogens with zero attached hydrogens (tertiary/aromatic N) is 1. The van der Waals surface area contributed by atoms with Gasteiger partial charge in [-0.05, 0) is 42.7 Å². The lowest BCUT2D eigenvalue weighted by Crippen LogP contribution is -2.43. The molecule has 1 fully saturated rings. The number of rotatable bonds is 6. The molecule has 1 unspecified atom stereocenters. The molecule has 158 valence electrons. The van der Waals surface area contributed by atoms with E-state index in [1.807, 2.05) is 84.9 Å². The molecule has 1 aliphatic heterocycles. The Morgan fingerprint density at radius 2 is 1.61 bits per heavy atom. The van der Waals surface area contributed by atoms with Crippen LogP contribution < -0.4 is 5.32 Å². The van der Waals surface area contributed by atoms with E-state index in [9.17, 15) is 9.59 Å². The number of hydrogen-bond donors (Lipinski definition) is 1. The lowest BCUT2D eigenvalue weighted by molar-refractivity contribution is -0.120. The molecule has 3 aromatic carbocycles. The maximum Gasteiger partial charge on any atom is 0.410 e. The Labute approximate surface area is 186 Å². The van der Waals surface area contributed by atoms with Crippen LogP contribution in [0.25, 0.3) is 0 Å². The Kier molecular flexibility index (Phi) is 6.89. The van der Waals surface area contributed by atoms with Gasteiger partial charge in [0.1, 0.15) is 12.6 Å². The molecule has 1 N–H and O–H groups in total. The molecule has 0 radical (unpaired) electrons. The van der Waals surface area contributed by atoms with Gasteiger partial charge in [-0.1, -0.05) is 72.4 Å². The van der Waals surface area contributed by atoms with E-state index in [1.54, 1.807) is 11.8 Å². The molecule has 0 aromatic heterocycles. The van der Waals surface area contributed by atoms with E-state index in [2.05, 4.69) is 5.32 Å². The number of likely N-dealkylation sites (tertiary alicyclic amines) is 1. The normalized spacial score (nSPS) is 15.5. The maximum absolute atomic E-state index is 13.0. The van der Waals surface area contributed by atoms with Gasteiger partial charge in [-0.3, -0.25) is 9.69 Å². The molecule has 1 heterocycles. The molecule has 4 rings (SSSR count). The van der Waals surface area contributed by atoms with Crippen LogP contribution in [0.15, 0.2) is 94.7 Å². The Balaban J connectivity index is 1.40. The first-order valence-electron chi connectivity index (χ1n) is 10.3. The summed E-state index contributed by atoms with van der Waals surface area (Å²) >= 11 is 1.59. The highest BCUT2D eigenvalue weighted by Crippen LogP contribution is 2.33. The quantitative estimate of drug-likeness (QED) is 0.553. The summed E-state index contributed by atoms with van der Waals surface area (Å²) in [7, 11) is 0. The highest BCUT2D eigenvalue weighted by atomic mass is 32.2. The van der Waals surface area contributed by atoms with Gasteiger partial charge in [-0.15, -0.1) is 0 Å². The molecule has 0 spiro atoms. The van der Waals surface area contributed by atoms with Crippen LogP contribution in [0.3, 0.4) is 0 Å². The zero-order valence-electron chi connectivity index (χ0n) is 17.1. The number of amides is 2. The van der Waals surface area contributed by atoms with E-state index < -0.39 is 12.1 Å². The zero-order chi connectivity index (χ0) is 21.5. The molecule has 1 saturated heterocycles. The van der Waals surface area contributed by atoms with E-state index in [0.29, 0.717) is 13.0 Å². The van der Waals surface area contributed by atoms with Crippen molar-refractivity contribution in [3.8, 4) is 0 Å². The number of ether oxygens (including phenoxy) is 1. The number of anilines is 1. The van der Waals surface area contributed by atoms with Crippen molar-refractivity contribution in [2.75, 3.05) is 11.9 Å². The summed E-state index contributed by atoms with van der Waals surface area (Å²) in [6, 6.07) is 26.7. The molecule has 3 aromatic rings. The van der Waals surface area contributed by atoms with Gasteiger partial charge in [0, 0.05) is 16.3 Å². The third-order valence-electron chi connectivity index (χ3n) is 5.11. The fourth-order valence-corrected chi connectivity index (χ4v) is 4.47. The van der Waals surface area contributed by atoms with Crippen molar-refractivity contribution in [1.82, 2.24) is 4.90 Å². The fraction of sp³-hybridized carbons (Fsp3) is 0.200. The van der Waals surface area contributed by atoms with Crippen LogP contribution in [0.2, 0.25) is 0 Å². The van der Waals surface area contributed by atoms with Gasteiger partial charge in [0.05, 0.1) is 5.69 Å². The summed E-state index contributed by atoms with van der Waals surface area (Å²) in [6.45, 7) is 0.715. The van der Waals surface area contributed by atoms with Crippen LogP contribution in [0, 0.1) is 0 Å². The minimum absolute atomic E-state index is 0.185. The van der Waals surface area contributed by atoms with Crippen LogP contribution in [0.5, 0.6) is 0 Å². The van der Waals surface area contributed by atoms with Crippen LogP contribution in [-0.2, 0) is 16.1 Å². The molecule has 1 aliphatic rings. The molecular weight excluding hydrogens is 408 g/mol. The van der Waals surface area contributed by atoms with Crippen molar-refractivity contribution in [3.63, 3.8) is 0 Å². The second kappa shape index (κ2) is 10.2. The lowest BCUT2D eigenvalue weighted by atomic mass is 10.2.